The summed E-state index contributed by atoms with van der Waals surface area (Å²) in [5.74, 6) is -0.983. The molecule has 0 radical (unpaired) electrons. The second kappa shape index (κ2) is 8.48. The van der Waals surface area contributed by atoms with Gasteiger partial charge in [0.25, 0.3) is 17.7 Å². The van der Waals surface area contributed by atoms with E-state index in [4.69, 9.17) is 0 Å². The molecule has 0 spiro atoms. The Morgan fingerprint density at radius 3 is 1.54 bits per heavy atom. The number of aliphatic hydroxyl groups is 1. The standard InChI is InChI=1S/C33H22N2O4/c36-29-17-18-30(37)34(29)23-13-9-21(10-14-23)33(22-11-15-24(16-12-22)35-31(38)19-20-32(35)39)27-7-3-1-5-25(27)26-6-2-4-8-28(26)33/h1-20,29,36H. The third kappa shape index (κ3) is 3.22. The molecule has 2 heterocycles. The molecule has 6 heteroatoms. The van der Waals surface area contributed by atoms with Crippen LogP contribution < -0.4 is 9.80 Å². The van der Waals surface area contributed by atoms with Gasteiger partial charge in [0.15, 0.2) is 6.23 Å². The van der Waals surface area contributed by atoms with E-state index >= 15 is 0 Å². The van der Waals surface area contributed by atoms with E-state index in [9.17, 15) is 19.5 Å². The molecule has 3 aliphatic rings. The Morgan fingerprint density at radius 1 is 0.564 bits per heavy atom. The maximum Gasteiger partial charge on any atom is 0.258 e. The molecule has 39 heavy (non-hydrogen) atoms. The number of amides is 3. The number of hydrogen-bond donors (Lipinski definition) is 1. The molecule has 6 nitrogen and oxygen atoms in total. The molecular formula is C33H22N2O4. The minimum atomic E-state index is -0.997. The van der Waals surface area contributed by atoms with Crippen LogP contribution in [-0.4, -0.2) is 29.1 Å². The zero-order chi connectivity index (χ0) is 26.7. The molecule has 188 valence electrons. The van der Waals surface area contributed by atoms with Gasteiger partial charge < -0.3 is 5.11 Å². The third-order valence-corrected chi connectivity index (χ3v) is 7.81. The molecule has 0 bridgehead atoms. The Balaban J connectivity index is 1.43. The van der Waals surface area contributed by atoms with E-state index < -0.39 is 11.6 Å². The topological polar surface area (TPSA) is 77.9 Å². The van der Waals surface area contributed by atoms with Crippen LogP contribution in [0.25, 0.3) is 11.1 Å². The largest absolute Gasteiger partial charge is 0.369 e. The average molecular weight is 511 g/mol. The van der Waals surface area contributed by atoms with Gasteiger partial charge in [0.2, 0.25) is 0 Å². The summed E-state index contributed by atoms with van der Waals surface area (Å²) >= 11 is 0. The van der Waals surface area contributed by atoms with E-state index in [2.05, 4.69) is 24.3 Å². The summed E-state index contributed by atoms with van der Waals surface area (Å²) in [5.41, 5.74) is 6.87. The summed E-state index contributed by atoms with van der Waals surface area (Å²) in [6.07, 6.45) is 4.40. The molecule has 4 aromatic rings. The Kier molecular flexibility index (Phi) is 5.02. The number of benzene rings is 4. The first-order valence-corrected chi connectivity index (χ1v) is 12.7. The first kappa shape index (κ1) is 23.1. The quantitative estimate of drug-likeness (QED) is 0.356. The van der Waals surface area contributed by atoms with E-state index in [1.165, 1.54) is 29.2 Å². The zero-order valence-corrected chi connectivity index (χ0v) is 20.7. The lowest BCUT2D eigenvalue weighted by Crippen LogP contribution is -2.34. The highest BCUT2D eigenvalue weighted by Crippen LogP contribution is 2.56. The number of fused-ring (bicyclic) bond motifs is 3. The number of aliphatic hydroxyl groups excluding tert-OH is 1. The first-order chi connectivity index (χ1) is 19.0. The highest BCUT2D eigenvalue weighted by Gasteiger charge is 2.46. The van der Waals surface area contributed by atoms with Crippen molar-refractivity contribution in [1.29, 1.82) is 0 Å². The van der Waals surface area contributed by atoms with Crippen molar-refractivity contribution in [3.05, 3.63) is 144 Å². The van der Waals surface area contributed by atoms with Crippen LogP contribution in [0.3, 0.4) is 0 Å². The van der Waals surface area contributed by atoms with Gasteiger partial charge in [0, 0.05) is 23.9 Å². The third-order valence-electron chi connectivity index (χ3n) is 7.81. The monoisotopic (exact) mass is 510 g/mol. The van der Waals surface area contributed by atoms with E-state index in [1.54, 1.807) is 0 Å². The van der Waals surface area contributed by atoms with Crippen molar-refractivity contribution < 1.29 is 19.5 Å². The molecule has 0 saturated carbocycles. The first-order valence-electron chi connectivity index (χ1n) is 12.7. The Hall–Kier alpha value is -5.07. The minimum Gasteiger partial charge on any atom is -0.369 e. The zero-order valence-electron chi connectivity index (χ0n) is 20.7. The van der Waals surface area contributed by atoms with Crippen molar-refractivity contribution >= 4 is 29.1 Å². The summed E-state index contributed by atoms with van der Waals surface area (Å²) in [4.78, 5) is 39.4. The number of anilines is 2. The minimum absolute atomic E-state index is 0.266. The summed E-state index contributed by atoms with van der Waals surface area (Å²) in [5, 5.41) is 10.3. The van der Waals surface area contributed by atoms with Gasteiger partial charge in [0.05, 0.1) is 11.1 Å². The lowest BCUT2D eigenvalue weighted by Gasteiger charge is -2.34. The lowest BCUT2D eigenvalue weighted by molar-refractivity contribution is -0.120. The van der Waals surface area contributed by atoms with Crippen LogP contribution in [0.5, 0.6) is 0 Å². The van der Waals surface area contributed by atoms with Crippen molar-refractivity contribution in [2.75, 3.05) is 9.80 Å². The number of carbonyl (C=O) groups excluding carboxylic acids is 3. The summed E-state index contributed by atoms with van der Waals surface area (Å²) in [7, 11) is 0. The van der Waals surface area contributed by atoms with Crippen LogP contribution in [0.4, 0.5) is 11.4 Å². The van der Waals surface area contributed by atoms with Gasteiger partial charge in [-0.25, -0.2) is 4.90 Å². The smallest absolute Gasteiger partial charge is 0.258 e. The molecule has 1 atom stereocenters. The van der Waals surface area contributed by atoms with Gasteiger partial charge >= 0.3 is 0 Å². The van der Waals surface area contributed by atoms with Crippen LogP contribution >= 0.6 is 0 Å². The van der Waals surface area contributed by atoms with E-state index in [0.29, 0.717) is 11.4 Å². The molecule has 1 aliphatic carbocycles. The number of carbonyl (C=O) groups is 3. The second-order valence-electron chi connectivity index (χ2n) is 9.76. The van der Waals surface area contributed by atoms with Gasteiger partial charge in [0.1, 0.15) is 0 Å². The number of hydrogen-bond acceptors (Lipinski definition) is 4. The molecular weight excluding hydrogens is 488 g/mol. The molecule has 0 aromatic heterocycles. The van der Waals surface area contributed by atoms with Gasteiger partial charge in [-0.1, -0.05) is 72.8 Å². The molecule has 1 unspecified atom stereocenters. The molecule has 4 aromatic carbocycles. The maximum absolute atomic E-state index is 12.3. The molecule has 7 rings (SSSR count). The predicted molar refractivity (Wildman–Crippen MR) is 148 cm³/mol. The normalized spacial score (nSPS) is 18.7. The predicted octanol–water partition coefficient (Wildman–Crippen LogP) is 4.70. The van der Waals surface area contributed by atoms with Gasteiger partial charge in [-0.15, -0.1) is 0 Å². The molecule has 0 fully saturated rings. The van der Waals surface area contributed by atoms with Crippen molar-refractivity contribution in [2.45, 2.75) is 11.6 Å². The highest BCUT2D eigenvalue weighted by molar-refractivity contribution is 6.28. The summed E-state index contributed by atoms with van der Waals surface area (Å²) < 4.78 is 0. The Morgan fingerprint density at radius 2 is 1.05 bits per heavy atom. The fraction of sp³-hybridized carbons (Fsp3) is 0.0606. The van der Waals surface area contributed by atoms with Gasteiger partial charge in [-0.2, -0.15) is 0 Å². The van der Waals surface area contributed by atoms with E-state index in [-0.39, 0.29) is 17.7 Å². The average Bonchev–Trinajstić information content (AvgIpc) is 3.59. The second-order valence-corrected chi connectivity index (χ2v) is 9.76. The molecule has 0 saturated heterocycles. The molecule has 2 aliphatic heterocycles. The maximum atomic E-state index is 12.3. The number of rotatable bonds is 4. The Bertz CT molecular complexity index is 1670. The number of imide groups is 1. The summed E-state index contributed by atoms with van der Waals surface area (Å²) in [6.45, 7) is 0. The van der Waals surface area contributed by atoms with Crippen molar-refractivity contribution in [2.24, 2.45) is 0 Å². The van der Waals surface area contributed by atoms with E-state index in [1.807, 2.05) is 72.8 Å². The van der Waals surface area contributed by atoms with Crippen LogP contribution in [0, 0.1) is 0 Å². The Labute approximate surface area is 224 Å². The van der Waals surface area contributed by atoms with Crippen molar-refractivity contribution in [1.82, 2.24) is 0 Å². The fourth-order valence-electron chi connectivity index (χ4n) is 6.16. The van der Waals surface area contributed by atoms with Crippen molar-refractivity contribution in [3.63, 3.8) is 0 Å². The SMILES string of the molecule is O=C1C=CC(=O)N1c1ccc(C2(c3ccc(N4C(=O)C=CC4O)cc3)c3ccccc3-c3ccccc32)cc1. The van der Waals surface area contributed by atoms with Gasteiger partial charge in [-0.3, -0.25) is 19.3 Å². The van der Waals surface area contributed by atoms with Gasteiger partial charge in [-0.05, 0) is 63.7 Å². The van der Waals surface area contributed by atoms with Crippen LogP contribution in [0.15, 0.2) is 121 Å². The summed E-state index contributed by atoms with van der Waals surface area (Å²) in [6, 6.07) is 31.9. The van der Waals surface area contributed by atoms with Crippen LogP contribution in [-0.2, 0) is 19.8 Å². The molecule has 3 amide bonds. The fourth-order valence-corrected chi connectivity index (χ4v) is 6.16. The van der Waals surface area contributed by atoms with Crippen LogP contribution in [0.1, 0.15) is 22.3 Å². The molecule has 1 N–H and O–H groups in total. The lowest BCUT2D eigenvalue weighted by atomic mass is 9.67. The van der Waals surface area contributed by atoms with Crippen molar-refractivity contribution in [3.8, 4) is 11.1 Å². The van der Waals surface area contributed by atoms with E-state index in [0.717, 1.165) is 38.3 Å². The van der Waals surface area contributed by atoms with Crippen LogP contribution in [0.2, 0.25) is 0 Å². The highest BCUT2D eigenvalue weighted by atomic mass is 16.3. The number of nitrogens with zero attached hydrogens (tertiary/aromatic N) is 2.